The molecule has 158 valence electrons. The van der Waals surface area contributed by atoms with Crippen molar-refractivity contribution in [2.24, 2.45) is 0 Å². The largest absolute Gasteiger partial charge is 0.493 e. The Balaban J connectivity index is 1.86. The fourth-order valence-electron chi connectivity index (χ4n) is 3.10. The molecule has 0 fully saturated rings. The predicted molar refractivity (Wildman–Crippen MR) is 116 cm³/mol. The molecule has 5 heteroatoms. The van der Waals surface area contributed by atoms with Crippen LogP contribution in [0.5, 0.6) is 11.5 Å². The first kappa shape index (κ1) is 22.8. The molecule has 0 aliphatic carbocycles. The van der Waals surface area contributed by atoms with Crippen LogP contribution in [0.1, 0.15) is 38.3 Å². The van der Waals surface area contributed by atoms with E-state index in [1.165, 1.54) is 5.56 Å². The summed E-state index contributed by atoms with van der Waals surface area (Å²) in [6.07, 6.45) is 1.84. The van der Waals surface area contributed by atoms with E-state index in [9.17, 15) is 4.79 Å². The van der Waals surface area contributed by atoms with E-state index in [1.807, 2.05) is 57.2 Å². The highest BCUT2D eigenvalue weighted by Gasteiger charge is 2.18. The van der Waals surface area contributed by atoms with Crippen molar-refractivity contribution in [2.45, 2.75) is 52.2 Å². The van der Waals surface area contributed by atoms with Crippen LogP contribution in [-0.4, -0.2) is 38.4 Å². The Morgan fingerprint density at radius 1 is 1.00 bits per heavy atom. The molecule has 2 rings (SSSR count). The van der Waals surface area contributed by atoms with Gasteiger partial charge in [0.25, 0.3) is 0 Å². The van der Waals surface area contributed by atoms with Crippen LogP contribution in [0.15, 0.2) is 48.5 Å². The molecule has 0 bridgehead atoms. The number of carbonyl (C=O) groups is 1. The molecule has 2 aromatic rings. The number of methoxy groups -OCH3 is 1. The lowest BCUT2D eigenvalue weighted by Crippen LogP contribution is -2.37. The van der Waals surface area contributed by atoms with Crippen molar-refractivity contribution in [3.8, 4) is 11.5 Å². The zero-order chi connectivity index (χ0) is 21.1. The molecular weight excluding hydrogens is 366 g/mol. The van der Waals surface area contributed by atoms with Crippen LogP contribution in [0.3, 0.4) is 0 Å². The van der Waals surface area contributed by atoms with E-state index >= 15 is 0 Å². The minimum absolute atomic E-state index is 0.0606. The van der Waals surface area contributed by atoms with Gasteiger partial charge in [0.2, 0.25) is 5.91 Å². The van der Waals surface area contributed by atoms with Crippen molar-refractivity contribution in [2.75, 3.05) is 20.3 Å². The third-order valence-electron chi connectivity index (χ3n) is 4.50. The van der Waals surface area contributed by atoms with Gasteiger partial charge in [-0.15, -0.1) is 0 Å². The molecule has 0 aliphatic heterocycles. The van der Waals surface area contributed by atoms with E-state index in [4.69, 9.17) is 14.2 Å². The molecule has 0 radical (unpaired) electrons. The van der Waals surface area contributed by atoms with Crippen molar-refractivity contribution in [1.29, 1.82) is 0 Å². The molecule has 1 amide bonds. The molecule has 0 saturated heterocycles. The fourth-order valence-corrected chi connectivity index (χ4v) is 3.10. The van der Waals surface area contributed by atoms with Crippen molar-refractivity contribution in [3.05, 3.63) is 59.7 Å². The second kappa shape index (κ2) is 12.1. The predicted octanol–water partition coefficient (Wildman–Crippen LogP) is 4.18. The summed E-state index contributed by atoms with van der Waals surface area (Å²) in [7, 11) is 1.63. The van der Waals surface area contributed by atoms with Gasteiger partial charge in [-0.05, 0) is 63.3 Å². The van der Waals surface area contributed by atoms with Gasteiger partial charge in [-0.2, -0.15) is 0 Å². The number of aryl methyl sites for hydroxylation is 1. The Morgan fingerprint density at radius 2 is 1.76 bits per heavy atom. The topological polar surface area (TPSA) is 56.8 Å². The van der Waals surface area contributed by atoms with E-state index in [0.717, 1.165) is 17.7 Å². The molecular formula is C24H33NO4. The minimum Gasteiger partial charge on any atom is -0.493 e. The summed E-state index contributed by atoms with van der Waals surface area (Å²) < 4.78 is 16.8. The first-order chi connectivity index (χ1) is 14.0. The molecule has 0 spiro atoms. The lowest BCUT2D eigenvalue weighted by atomic mass is 10.1. The highest BCUT2D eigenvalue weighted by molar-refractivity contribution is 5.80. The lowest BCUT2D eigenvalue weighted by molar-refractivity contribution is -0.132. The van der Waals surface area contributed by atoms with Gasteiger partial charge in [0, 0.05) is 13.2 Å². The van der Waals surface area contributed by atoms with E-state index in [1.54, 1.807) is 7.11 Å². The Kier molecular flexibility index (Phi) is 9.51. The molecule has 0 aliphatic rings. The number of rotatable bonds is 12. The zero-order valence-corrected chi connectivity index (χ0v) is 17.9. The number of nitrogens with one attached hydrogen (secondary N) is 1. The normalized spacial score (nSPS) is 11.9. The van der Waals surface area contributed by atoms with Crippen LogP contribution in [0.25, 0.3) is 0 Å². The minimum atomic E-state index is -0.434. The van der Waals surface area contributed by atoms with Gasteiger partial charge in [0.05, 0.1) is 13.2 Å². The van der Waals surface area contributed by atoms with Crippen LogP contribution >= 0.6 is 0 Å². The van der Waals surface area contributed by atoms with Crippen LogP contribution < -0.4 is 14.8 Å². The molecule has 2 aromatic carbocycles. The Morgan fingerprint density at radius 3 is 2.41 bits per heavy atom. The highest BCUT2D eigenvalue weighted by Crippen LogP contribution is 2.29. The average Bonchev–Trinajstić information content (AvgIpc) is 2.72. The van der Waals surface area contributed by atoms with Gasteiger partial charge in [0.15, 0.2) is 11.5 Å². The molecule has 0 unspecified atom stereocenters. The van der Waals surface area contributed by atoms with Gasteiger partial charge < -0.3 is 19.5 Å². The smallest absolute Gasteiger partial charge is 0.249 e. The molecule has 1 N–H and O–H groups in total. The summed E-state index contributed by atoms with van der Waals surface area (Å²) in [6, 6.07) is 16.0. The average molecular weight is 400 g/mol. The summed E-state index contributed by atoms with van der Waals surface area (Å²) in [6.45, 7) is 6.93. The summed E-state index contributed by atoms with van der Waals surface area (Å²) >= 11 is 0. The quantitative estimate of drug-likeness (QED) is 0.582. The third-order valence-corrected chi connectivity index (χ3v) is 4.50. The number of carbonyl (C=O) groups excluding carboxylic acids is 1. The monoisotopic (exact) mass is 399 g/mol. The van der Waals surface area contributed by atoms with Crippen LogP contribution in [0.2, 0.25) is 0 Å². The second-order valence-corrected chi connectivity index (χ2v) is 7.16. The van der Waals surface area contributed by atoms with Gasteiger partial charge >= 0.3 is 0 Å². The first-order valence-corrected chi connectivity index (χ1v) is 10.3. The molecule has 1 atom stereocenters. The molecule has 0 aromatic heterocycles. The van der Waals surface area contributed by atoms with Gasteiger partial charge in [-0.1, -0.05) is 36.4 Å². The number of hydrogen-bond acceptors (Lipinski definition) is 4. The summed E-state index contributed by atoms with van der Waals surface area (Å²) in [5.74, 6) is 1.37. The summed E-state index contributed by atoms with van der Waals surface area (Å²) in [5, 5.41) is 3.00. The van der Waals surface area contributed by atoms with E-state index in [0.29, 0.717) is 31.7 Å². The second-order valence-electron chi connectivity index (χ2n) is 7.16. The Labute approximate surface area is 174 Å². The van der Waals surface area contributed by atoms with Gasteiger partial charge in [-0.3, -0.25) is 4.79 Å². The number of amides is 1. The Hall–Kier alpha value is -2.53. The number of benzene rings is 2. The molecule has 0 heterocycles. The molecule has 29 heavy (non-hydrogen) atoms. The van der Waals surface area contributed by atoms with Crippen molar-refractivity contribution in [3.63, 3.8) is 0 Å². The zero-order valence-electron chi connectivity index (χ0n) is 17.9. The Bertz CT molecular complexity index is 746. The summed E-state index contributed by atoms with van der Waals surface area (Å²) in [5.41, 5.74) is 2.29. The first-order valence-electron chi connectivity index (χ1n) is 10.3. The van der Waals surface area contributed by atoms with Gasteiger partial charge in [0.1, 0.15) is 6.10 Å². The maximum atomic E-state index is 12.6. The van der Waals surface area contributed by atoms with Gasteiger partial charge in [-0.25, -0.2) is 0 Å². The van der Waals surface area contributed by atoms with Crippen molar-refractivity contribution >= 4 is 5.91 Å². The maximum Gasteiger partial charge on any atom is 0.249 e. The van der Waals surface area contributed by atoms with E-state index in [2.05, 4.69) is 17.4 Å². The molecule has 0 saturated carbocycles. The highest BCUT2D eigenvalue weighted by atomic mass is 16.5. The number of hydrogen-bond donors (Lipinski definition) is 1. The maximum absolute atomic E-state index is 12.6. The lowest BCUT2D eigenvalue weighted by Gasteiger charge is -2.17. The third kappa shape index (κ3) is 7.78. The fraction of sp³-hybridized carbons (Fsp3) is 0.458. The van der Waals surface area contributed by atoms with E-state index < -0.39 is 6.10 Å². The van der Waals surface area contributed by atoms with Crippen LogP contribution in [0, 0.1) is 0 Å². The standard InChI is InChI=1S/C24H33NO4/c1-5-28-22(14-11-19-9-7-6-8-10-19)24(26)25-16-15-20-12-13-21(29-18(2)3)23(17-20)27-4/h6-10,12-13,17-18,22H,5,11,14-16H2,1-4H3,(H,25,26)/t22-/m0/s1. The SMILES string of the molecule is CCO[C@@H](CCc1ccccc1)C(=O)NCCc1ccc(OC(C)C)c(OC)c1. The van der Waals surface area contributed by atoms with Crippen molar-refractivity contribution in [1.82, 2.24) is 5.32 Å². The van der Waals surface area contributed by atoms with E-state index in [-0.39, 0.29) is 12.0 Å². The van der Waals surface area contributed by atoms with Crippen LogP contribution in [0.4, 0.5) is 0 Å². The van der Waals surface area contributed by atoms with Crippen LogP contribution in [-0.2, 0) is 22.4 Å². The number of ether oxygens (including phenoxy) is 3. The van der Waals surface area contributed by atoms with Crippen molar-refractivity contribution < 1.29 is 19.0 Å². The summed E-state index contributed by atoms with van der Waals surface area (Å²) in [4.78, 5) is 12.6. The molecule has 5 nitrogen and oxygen atoms in total.